The number of benzene rings is 1. The van der Waals surface area contributed by atoms with Gasteiger partial charge in [0.25, 0.3) is 0 Å². The molecule has 0 bridgehead atoms. The molecule has 2 heterocycles. The molecule has 1 aliphatic rings. The van der Waals surface area contributed by atoms with E-state index in [1.807, 2.05) is 0 Å². The second-order valence-corrected chi connectivity index (χ2v) is 7.11. The van der Waals surface area contributed by atoms with Crippen LogP contribution in [0.2, 0.25) is 0 Å². The molecule has 0 saturated carbocycles. The molecule has 0 spiro atoms. The Kier molecular flexibility index (Phi) is 4.97. The van der Waals surface area contributed by atoms with Crippen LogP contribution in [0, 0.1) is 0 Å². The minimum atomic E-state index is -4.52. The predicted molar refractivity (Wildman–Crippen MR) is 92.4 cm³/mol. The van der Waals surface area contributed by atoms with Gasteiger partial charge in [0.2, 0.25) is 0 Å². The zero-order valence-corrected chi connectivity index (χ0v) is 15.5. The molecule has 0 amide bonds. The highest BCUT2D eigenvalue weighted by Gasteiger charge is 2.67. The van der Waals surface area contributed by atoms with E-state index in [-0.39, 0.29) is 12.4 Å². The Labute approximate surface area is 150 Å². The maximum Gasteiger partial charge on any atom is 0.422 e. The summed E-state index contributed by atoms with van der Waals surface area (Å²) in [5, 5.41) is 1.40. The third-order valence-electron chi connectivity index (χ3n) is 3.91. The Hall–Kier alpha value is -1.36. The summed E-state index contributed by atoms with van der Waals surface area (Å²) in [5.74, 6) is -3.71. The SMILES string of the molecule is FC(F)(F)COc1ccc(C(F)(F)C2(c3ccc(P)cc3P)CO2)nc1. The fourth-order valence-electron chi connectivity index (χ4n) is 2.55. The number of hydrogen-bond donors (Lipinski definition) is 0. The lowest BCUT2D eigenvalue weighted by Gasteiger charge is -2.25. The molecule has 3 unspecified atom stereocenters. The van der Waals surface area contributed by atoms with Crippen molar-refractivity contribution in [1.82, 2.24) is 4.98 Å². The van der Waals surface area contributed by atoms with Gasteiger partial charge < -0.3 is 9.47 Å². The number of epoxide rings is 1. The van der Waals surface area contributed by atoms with Gasteiger partial charge in [0.05, 0.1) is 12.8 Å². The monoisotopic (exact) mass is 409 g/mol. The average Bonchev–Trinajstić information content (AvgIpc) is 3.35. The van der Waals surface area contributed by atoms with Crippen LogP contribution in [0.4, 0.5) is 22.0 Å². The minimum Gasteiger partial charge on any atom is -0.483 e. The molecular formula is C16H14F5NO2P2. The Bertz CT molecular complexity index is 807. The van der Waals surface area contributed by atoms with E-state index >= 15 is 8.78 Å². The second kappa shape index (κ2) is 6.66. The molecule has 3 atom stereocenters. The van der Waals surface area contributed by atoms with Gasteiger partial charge >= 0.3 is 12.1 Å². The molecule has 26 heavy (non-hydrogen) atoms. The normalized spacial score (nSPS) is 20.1. The van der Waals surface area contributed by atoms with Crippen molar-refractivity contribution in [2.45, 2.75) is 17.7 Å². The maximum absolute atomic E-state index is 15.0. The van der Waals surface area contributed by atoms with Gasteiger partial charge in [-0.15, -0.1) is 18.5 Å². The summed E-state index contributed by atoms with van der Waals surface area (Å²) in [6, 6.07) is 6.93. The Morgan fingerprint density at radius 2 is 1.81 bits per heavy atom. The van der Waals surface area contributed by atoms with Gasteiger partial charge in [0.15, 0.2) is 12.2 Å². The number of nitrogens with zero attached hydrogens (tertiary/aromatic N) is 1. The lowest BCUT2D eigenvalue weighted by Crippen LogP contribution is -2.36. The van der Waals surface area contributed by atoms with E-state index in [9.17, 15) is 13.2 Å². The highest BCUT2D eigenvalue weighted by molar-refractivity contribution is 7.29. The van der Waals surface area contributed by atoms with Crippen molar-refractivity contribution in [2.24, 2.45) is 0 Å². The molecule has 0 N–H and O–H groups in total. The van der Waals surface area contributed by atoms with Crippen molar-refractivity contribution in [3.8, 4) is 5.75 Å². The minimum absolute atomic E-state index is 0.189. The van der Waals surface area contributed by atoms with Crippen LogP contribution < -0.4 is 15.3 Å². The first-order chi connectivity index (χ1) is 12.1. The zero-order valence-electron chi connectivity index (χ0n) is 13.2. The molecule has 1 fully saturated rings. The number of halogens is 5. The molecule has 3 rings (SSSR count). The maximum atomic E-state index is 15.0. The van der Waals surface area contributed by atoms with Crippen molar-refractivity contribution >= 4 is 29.1 Å². The first kappa shape index (κ1) is 19.4. The summed E-state index contributed by atoms with van der Waals surface area (Å²) in [6.45, 7) is -1.71. The number of hydrogen-bond acceptors (Lipinski definition) is 3. The molecule has 0 aliphatic carbocycles. The standard InChI is InChI=1S/C16H14F5NO2P2/c17-15(18,19)8-23-9-1-4-13(22-6-9)16(20,21)14(7-24-14)11-3-2-10(25)5-12(11)26/h1-6H,7-8,25-26H2. The van der Waals surface area contributed by atoms with E-state index in [1.165, 1.54) is 0 Å². The topological polar surface area (TPSA) is 34.6 Å². The molecule has 2 aromatic rings. The third kappa shape index (κ3) is 3.68. The van der Waals surface area contributed by atoms with E-state index in [2.05, 4.69) is 28.2 Å². The van der Waals surface area contributed by atoms with Crippen LogP contribution in [0.1, 0.15) is 11.3 Å². The fourth-order valence-corrected chi connectivity index (χ4v) is 3.54. The highest BCUT2D eigenvalue weighted by Crippen LogP contribution is 2.55. The van der Waals surface area contributed by atoms with Gasteiger partial charge in [0.1, 0.15) is 11.4 Å². The van der Waals surface area contributed by atoms with E-state index in [1.54, 1.807) is 18.2 Å². The number of aromatic nitrogens is 1. The molecule has 140 valence electrons. The summed E-state index contributed by atoms with van der Waals surface area (Å²) in [4.78, 5) is 3.60. The largest absolute Gasteiger partial charge is 0.483 e. The summed E-state index contributed by atoms with van der Waals surface area (Å²) < 4.78 is 76.2. The summed E-state index contributed by atoms with van der Waals surface area (Å²) >= 11 is 0. The van der Waals surface area contributed by atoms with Crippen LogP contribution in [-0.4, -0.2) is 24.4 Å². The van der Waals surface area contributed by atoms with Crippen LogP contribution in [0.5, 0.6) is 5.75 Å². The van der Waals surface area contributed by atoms with Crippen molar-refractivity contribution in [2.75, 3.05) is 13.2 Å². The van der Waals surface area contributed by atoms with Gasteiger partial charge in [-0.1, -0.05) is 12.1 Å². The number of ether oxygens (including phenoxy) is 2. The van der Waals surface area contributed by atoms with Crippen LogP contribution in [0.25, 0.3) is 0 Å². The van der Waals surface area contributed by atoms with Gasteiger partial charge in [0, 0.05) is 0 Å². The van der Waals surface area contributed by atoms with Crippen LogP contribution >= 0.6 is 18.5 Å². The van der Waals surface area contributed by atoms with E-state index in [0.717, 1.165) is 23.6 Å². The van der Waals surface area contributed by atoms with Crippen LogP contribution in [0.15, 0.2) is 36.5 Å². The summed E-state index contributed by atoms with van der Waals surface area (Å²) in [5.41, 5.74) is -2.13. The lowest BCUT2D eigenvalue weighted by molar-refractivity contribution is -0.153. The smallest absolute Gasteiger partial charge is 0.422 e. The molecule has 1 aliphatic heterocycles. The molecule has 3 nitrogen and oxygen atoms in total. The van der Waals surface area contributed by atoms with Gasteiger partial charge in [-0.05, 0) is 34.4 Å². The van der Waals surface area contributed by atoms with E-state index in [4.69, 9.17) is 4.74 Å². The van der Waals surface area contributed by atoms with Crippen molar-refractivity contribution in [3.05, 3.63) is 47.8 Å². The molecule has 10 heteroatoms. The molecule has 1 saturated heterocycles. The average molecular weight is 409 g/mol. The van der Waals surface area contributed by atoms with Crippen molar-refractivity contribution in [1.29, 1.82) is 0 Å². The zero-order chi connectivity index (χ0) is 19.2. The fraction of sp³-hybridized carbons (Fsp3) is 0.312. The summed E-state index contributed by atoms with van der Waals surface area (Å²) in [6.07, 6.45) is -3.67. The quantitative estimate of drug-likeness (QED) is 0.433. The van der Waals surface area contributed by atoms with Gasteiger partial charge in [-0.2, -0.15) is 22.0 Å². The lowest BCUT2D eigenvalue weighted by atomic mass is 9.90. The van der Waals surface area contributed by atoms with Crippen molar-refractivity contribution in [3.63, 3.8) is 0 Å². The Balaban J connectivity index is 1.85. The number of alkyl halides is 5. The first-order valence-corrected chi connectivity index (χ1v) is 8.54. The molecule has 0 radical (unpaired) electrons. The number of rotatable bonds is 5. The van der Waals surface area contributed by atoms with Crippen LogP contribution in [-0.2, 0) is 16.3 Å². The molecular weight excluding hydrogens is 395 g/mol. The second-order valence-electron chi connectivity index (χ2n) is 5.82. The number of pyridine rings is 1. The Morgan fingerprint density at radius 1 is 1.12 bits per heavy atom. The highest BCUT2D eigenvalue weighted by atomic mass is 31.0. The predicted octanol–water partition coefficient (Wildman–Crippen LogP) is 3.04. The van der Waals surface area contributed by atoms with E-state index < -0.39 is 30.0 Å². The van der Waals surface area contributed by atoms with Crippen molar-refractivity contribution < 1.29 is 31.4 Å². The van der Waals surface area contributed by atoms with Crippen LogP contribution in [0.3, 0.4) is 0 Å². The first-order valence-electron chi connectivity index (χ1n) is 7.38. The molecule has 1 aromatic heterocycles. The Morgan fingerprint density at radius 3 is 2.31 bits per heavy atom. The summed E-state index contributed by atoms with van der Waals surface area (Å²) in [7, 11) is 4.88. The van der Waals surface area contributed by atoms with Gasteiger partial charge in [-0.3, -0.25) is 4.98 Å². The van der Waals surface area contributed by atoms with E-state index in [0.29, 0.717) is 10.9 Å². The molecule has 1 aromatic carbocycles. The third-order valence-corrected chi connectivity index (χ3v) is 4.75. The van der Waals surface area contributed by atoms with Gasteiger partial charge in [-0.25, -0.2) is 0 Å².